The van der Waals surface area contributed by atoms with Gasteiger partial charge in [-0.05, 0) is 31.5 Å². The van der Waals surface area contributed by atoms with E-state index in [4.69, 9.17) is 11.6 Å². The highest BCUT2D eigenvalue weighted by Gasteiger charge is 2.18. The van der Waals surface area contributed by atoms with Crippen molar-refractivity contribution in [2.75, 3.05) is 14.1 Å². The molecule has 3 nitrogen and oxygen atoms in total. The van der Waals surface area contributed by atoms with Crippen LogP contribution in [0.2, 0.25) is 5.02 Å². The van der Waals surface area contributed by atoms with Crippen molar-refractivity contribution < 1.29 is 9.18 Å². The molecule has 100 valence electrons. The van der Waals surface area contributed by atoms with E-state index in [0.717, 1.165) is 5.56 Å². The monoisotopic (exact) mass is 272 g/mol. The van der Waals surface area contributed by atoms with Gasteiger partial charge in [-0.3, -0.25) is 10.1 Å². The van der Waals surface area contributed by atoms with E-state index in [1.807, 2.05) is 6.92 Å². The predicted molar refractivity (Wildman–Crippen MR) is 71.1 cm³/mol. The Morgan fingerprint density at radius 1 is 1.39 bits per heavy atom. The standard InChI is InChI=1S/C13H18ClFN2O/c1-8(16-9(2)13(18)17(3)4)10-5-6-12(15)11(14)7-10/h5-9,16H,1-4H3. The fraction of sp³-hybridized carbons (Fsp3) is 0.462. The van der Waals surface area contributed by atoms with Gasteiger partial charge in [-0.2, -0.15) is 0 Å². The second-order valence-electron chi connectivity index (χ2n) is 4.52. The van der Waals surface area contributed by atoms with Crippen LogP contribution in [-0.2, 0) is 4.79 Å². The molecule has 0 saturated carbocycles. The lowest BCUT2D eigenvalue weighted by Crippen LogP contribution is -2.42. The molecule has 0 fully saturated rings. The van der Waals surface area contributed by atoms with E-state index in [1.54, 1.807) is 33.2 Å². The third-order valence-electron chi connectivity index (χ3n) is 2.75. The van der Waals surface area contributed by atoms with Gasteiger partial charge < -0.3 is 4.90 Å². The second-order valence-corrected chi connectivity index (χ2v) is 4.92. The van der Waals surface area contributed by atoms with E-state index in [1.165, 1.54) is 11.0 Å². The number of halogens is 2. The van der Waals surface area contributed by atoms with Crippen molar-refractivity contribution >= 4 is 17.5 Å². The van der Waals surface area contributed by atoms with Crippen molar-refractivity contribution in [3.8, 4) is 0 Å². The number of nitrogens with one attached hydrogen (secondary N) is 1. The summed E-state index contributed by atoms with van der Waals surface area (Å²) in [6, 6.07) is 4.17. The van der Waals surface area contributed by atoms with E-state index in [-0.39, 0.29) is 23.0 Å². The zero-order valence-electron chi connectivity index (χ0n) is 11.0. The molecule has 0 aromatic heterocycles. The average Bonchev–Trinajstić information content (AvgIpc) is 2.31. The van der Waals surface area contributed by atoms with Crippen molar-refractivity contribution in [1.82, 2.24) is 10.2 Å². The number of nitrogens with zero attached hydrogens (tertiary/aromatic N) is 1. The van der Waals surface area contributed by atoms with Crippen molar-refractivity contribution in [3.05, 3.63) is 34.6 Å². The van der Waals surface area contributed by atoms with Gasteiger partial charge in [-0.15, -0.1) is 0 Å². The molecule has 1 aromatic rings. The Hall–Kier alpha value is -1.13. The Bertz CT molecular complexity index is 437. The van der Waals surface area contributed by atoms with Crippen molar-refractivity contribution in [2.24, 2.45) is 0 Å². The number of benzene rings is 1. The summed E-state index contributed by atoms with van der Waals surface area (Å²) in [6.45, 7) is 3.70. The summed E-state index contributed by atoms with van der Waals surface area (Å²) in [6.07, 6.45) is 0. The number of hydrogen-bond donors (Lipinski definition) is 1. The first-order valence-corrected chi connectivity index (χ1v) is 6.13. The fourth-order valence-corrected chi connectivity index (χ4v) is 1.90. The maximum Gasteiger partial charge on any atom is 0.238 e. The van der Waals surface area contributed by atoms with E-state index in [2.05, 4.69) is 5.32 Å². The fourth-order valence-electron chi connectivity index (χ4n) is 1.71. The largest absolute Gasteiger partial charge is 0.347 e. The smallest absolute Gasteiger partial charge is 0.238 e. The molecular weight excluding hydrogens is 255 g/mol. The summed E-state index contributed by atoms with van der Waals surface area (Å²) in [5.41, 5.74) is 0.847. The summed E-state index contributed by atoms with van der Waals surface area (Å²) in [4.78, 5) is 13.2. The highest BCUT2D eigenvalue weighted by atomic mass is 35.5. The lowest BCUT2D eigenvalue weighted by atomic mass is 10.1. The molecular formula is C13H18ClFN2O. The Balaban J connectivity index is 2.73. The molecule has 0 aliphatic rings. The predicted octanol–water partition coefficient (Wildman–Crippen LogP) is 2.61. The summed E-state index contributed by atoms with van der Waals surface area (Å²) in [5, 5.41) is 3.24. The van der Waals surface area contributed by atoms with Gasteiger partial charge in [0.1, 0.15) is 5.82 Å². The molecule has 0 aliphatic heterocycles. The average molecular weight is 273 g/mol. The van der Waals surface area contributed by atoms with Crippen LogP contribution in [0, 0.1) is 5.82 Å². The van der Waals surface area contributed by atoms with Crippen molar-refractivity contribution in [2.45, 2.75) is 25.9 Å². The summed E-state index contributed by atoms with van der Waals surface area (Å²) in [7, 11) is 3.42. The first kappa shape index (κ1) is 14.9. The molecule has 0 spiro atoms. The quantitative estimate of drug-likeness (QED) is 0.914. The Morgan fingerprint density at radius 2 is 2.00 bits per heavy atom. The molecule has 5 heteroatoms. The summed E-state index contributed by atoms with van der Waals surface area (Å²) >= 11 is 5.73. The number of rotatable bonds is 4. The molecule has 0 bridgehead atoms. The molecule has 0 saturated heterocycles. The zero-order valence-corrected chi connectivity index (χ0v) is 11.8. The molecule has 1 amide bonds. The van der Waals surface area contributed by atoms with Crippen LogP contribution in [0.3, 0.4) is 0 Å². The second kappa shape index (κ2) is 6.16. The summed E-state index contributed by atoms with van der Waals surface area (Å²) in [5.74, 6) is -0.444. The lowest BCUT2D eigenvalue weighted by molar-refractivity contribution is -0.130. The topological polar surface area (TPSA) is 32.3 Å². The van der Waals surface area contributed by atoms with Gasteiger partial charge in [0.05, 0.1) is 11.1 Å². The molecule has 0 radical (unpaired) electrons. The van der Waals surface area contributed by atoms with Gasteiger partial charge in [-0.1, -0.05) is 17.7 Å². The summed E-state index contributed by atoms with van der Waals surface area (Å²) < 4.78 is 13.0. The Morgan fingerprint density at radius 3 is 2.50 bits per heavy atom. The molecule has 0 aliphatic carbocycles. The Labute approximate surface area is 112 Å². The molecule has 1 rings (SSSR count). The molecule has 0 heterocycles. The van der Waals surface area contributed by atoms with Crippen molar-refractivity contribution in [3.63, 3.8) is 0 Å². The lowest BCUT2D eigenvalue weighted by Gasteiger charge is -2.22. The third kappa shape index (κ3) is 3.68. The highest BCUT2D eigenvalue weighted by molar-refractivity contribution is 6.30. The van der Waals surface area contributed by atoms with Gasteiger partial charge in [0.25, 0.3) is 0 Å². The van der Waals surface area contributed by atoms with E-state index >= 15 is 0 Å². The minimum atomic E-state index is -0.440. The maximum atomic E-state index is 13.0. The van der Waals surface area contributed by atoms with Gasteiger partial charge in [0.2, 0.25) is 5.91 Å². The normalized spacial score (nSPS) is 14.1. The van der Waals surface area contributed by atoms with Crippen LogP contribution >= 0.6 is 11.6 Å². The molecule has 1 N–H and O–H groups in total. The first-order chi connectivity index (χ1) is 8.32. The Kier molecular flexibility index (Phi) is 5.11. The number of amides is 1. The number of carbonyl (C=O) groups is 1. The maximum absolute atomic E-state index is 13.0. The van der Waals surface area contributed by atoms with E-state index < -0.39 is 5.82 Å². The number of hydrogen-bond acceptors (Lipinski definition) is 2. The third-order valence-corrected chi connectivity index (χ3v) is 3.04. The minimum absolute atomic E-state index is 0.00458. The first-order valence-electron chi connectivity index (χ1n) is 5.75. The van der Waals surface area contributed by atoms with Gasteiger partial charge in [0, 0.05) is 20.1 Å². The van der Waals surface area contributed by atoms with E-state index in [0.29, 0.717) is 0 Å². The van der Waals surface area contributed by atoms with E-state index in [9.17, 15) is 9.18 Å². The SMILES string of the molecule is CC(NC(C)c1ccc(F)c(Cl)c1)C(=O)N(C)C. The molecule has 18 heavy (non-hydrogen) atoms. The van der Waals surface area contributed by atoms with Crippen LogP contribution in [-0.4, -0.2) is 30.9 Å². The molecule has 1 aromatic carbocycles. The van der Waals surface area contributed by atoms with Crippen LogP contribution in [0.15, 0.2) is 18.2 Å². The van der Waals surface area contributed by atoms with Crippen molar-refractivity contribution in [1.29, 1.82) is 0 Å². The van der Waals surface area contributed by atoms with Gasteiger partial charge >= 0.3 is 0 Å². The van der Waals surface area contributed by atoms with Crippen LogP contribution in [0.4, 0.5) is 4.39 Å². The van der Waals surface area contributed by atoms with Crippen LogP contribution in [0.25, 0.3) is 0 Å². The molecule has 2 unspecified atom stereocenters. The minimum Gasteiger partial charge on any atom is -0.347 e. The molecule has 2 atom stereocenters. The number of carbonyl (C=O) groups excluding carboxylic acids is 1. The van der Waals surface area contributed by atoms with Crippen LogP contribution in [0.5, 0.6) is 0 Å². The zero-order chi connectivity index (χ0) is 13.9. The van der Waals surface area contributed by atoms with Gasteiger partial charge in [-0.25, -0.2) is 4.39 Å². The van der Waals surface area contributed by atoms with Crippen LogP contribution in [0.1, 0.15) is 25.5 Å². The van der Waals surface area contributed by atoms with Gasteiger partial charge in [0.15, 0.2) is 0 Å². The number of likely N-dealkylation sites (N-methyl/N-ethyl adjacent to an activating group) is 1. The highest BCUT2D eigenvalue weighted by Crippen LogP contribution is 2.21. The van der Waals surface area contributed by atoms with Crippen LogP contribution < -0.4 is 5.32 Å².